The van der Waals surface area contributed by atoms with Gasteiger partial charge in [0, 0.05) is 25.2 Å². The summed E-state index contributed by atoms with van der Waals surface area (Å²) in [5.41, 5.74) is 1.26. The number of likely N-dealkylation sites (N-methyl/N-ethyl adjacent to an activating group) is 1. The third kappa shape index (κ3) is 2.49. The predicted molar refractivity (Wildman–Crippen MR) is 70.4 cm³/mol. The first kappa shape index (κ1) is 12.5. The molecule has 0 saturated carbocycles. The Balaban J connectivity index is 2.39. The van der Waals surface area contributed by atoms with Crippen molar-refractivity contribution in [3.63, 3.8) is 0 Å². The second-order valence-electron chi connectivity index (χ2n) is 4.42. The first-order valence-electron chi connectivity index (χ1n) is 5.87. The molecular weight excluding hydrogens is 228 g/mol. The molecule has 0 bridgehead atoms. The van der Waals surface area contributed by atoms with Crippen LogP contribution in [0.15, 0.2) is 36.5 Å². The molecule has 94 valence electrons. The van der Waals surface area contributed by atoms with Gasteiger partial charge in [-0.1, -0.05) is 18.2 Å². The van der Waals surface area contributed by atoms with Gasteiger partial charge < -0.3 is 10.0 Å². The number of benzene rings is 1. The number of aromatic nitrogens is 1. The molecule has 1 unspecified atom stereocenters. The van der Waals surface area contributed by atoms with Crippen molar-refractivity contribution < 1.29 is 9.90 Å². The van der Waals surface area contributed by atoms with E-state index in [0.29, 0.717) is 17.6 Å². The number of nitrogens with zero attached hydrogens (tertiary/aromatic N) is 2. The normalized spacial score (nSPS) is 12.4. The van der Waals surface area contributed by atoms with Crippen LogP contribution >= 0.6 is 0 Å². The second kappa shape index (κ2) is 5.14. The van der Waals surface area contributed by atoms with Gasteiger partial charge in [0.05, 0.1) is 17.2 Å². The van der Waals surface area contributed by atoms with Gasteiger partial charge in [0.15, 0.2) is 0 Å². The minimum Gasteiger partial charge on any atom is -0.392 e. The van der Waals surface area contributed by atoms with Gasteiger partial charge >= 0.3 is 0 Å². The highest BCUT2D eigenvalue weighted by molar-refractivity contribution is 6.05. The quantitative estimate of drug-likeness (QED) is 0.893. The van der Waals surface area contributed by atoms with Crippen LogP contribution < -0.4 is 0 Å². The number of para-hydroxylation sites is 1. The van der Waals surface area contributed by atoms with Crippen LogP contribution in [-0.4, -0.2) is 40.6 Å². The van der Waals surface area contributed by atoms with Gasteiger partial charge in [-0.05, 0) is 19.1 Å². The van der Waals surface area contributed by atoms with Crippen LogP contribution in [0.2, 0.25) is 0 Å². The number of aliphatic hydroxyl groups is 1. The largest absolute Gasteiger partial charge is 0.392 e. The van der Waals surface area contributed by atoms with Crippen molar-refractivity contribution in [3.05, 3.63) is 42.1 Å². The maximum absolute atomic E-state index is 12.3. The van der Waals surface area contributed by atoms with Gasteiger partial charge in [0.1, 0.15) is 0 Å². The number of hydrogen-bond acceptors (Lipinski definition) is 3. The predicted octanol–water partition coefficient (Wildman–Crippen LogP) is 1.69. The van der Waals surface area contributed by atoms with E-state index in [4.69, 9.17) is 0 Å². The van der Waals surface area contributed by atoms with Crippen molar-refractivity contribution >= 4 is 16.8 Å². The SMILES string of the molecule is CC(O)CN(C)C(=O)c1cccc2cccnc12. The van der Waals surface area contributed by atoms with Crippen molar-refractivity contribution in [3.8, 4) is 0 Å². The molecule has 4 nitrogen and oxygen atoms in total. The van der Waals surface area contributed by atoms with Crippen LogP contribution in [0, 0.1) is 0 Å². The molecule has 4 heteroatoms. The molecule has 0 spiro atoms. The van der Waals surface area contributed by atoms with Crippen molar-refractivity contribution in [2.75, 3.05) is 13.6 Å². The number of carbonyl (C=O) groups is 1. The smallest absolute Gasteiger partial charge is 0.255 e. The molecule has 0 saturated heterocycles. The number of fused-ring (bicyclic) bond motifs is 1. The molecule has 0 fully saturated rings. The fourth-order valence-electron chi connectivity index (χ4n) is 1.96. The summed E-state index contributed by atoms with van der Waals surface area (Å²) in [5.74, 6) is -0.125. The van der Waals surface area contributed by atoms with Crippen LogP contribution in [0.1, 0.15) is 17.3 Å². The standard InChI is InChI=1S/C14H16N2O2/c1-10(17)9-16(2)14(18)12-7-3-5-11-6-4-8-15-13(11)12/h3-8,10,17H,9H2,1-2H3. The van der Waals surface area contributed by atoms with Crippen molar-refractivity contribution in [2.45, 2.75) is 13.0 Å². The first-order chi connectivity index (χ1) is 8.59. The highest BCUT2D eigenvalue weighted by Gasteiger charge is 2.16. The molecule has 1 amide bonds. The number of aliphatic hydroxyl groups excluding tert-OH is 1. The van der Waals surface area contributed by atoms with E-state index in [1.165, 1.54) is 4.90 Å². The summed E-state index contributed by atoms with van der Waals surface area (Å²) >= 11 is 0. The maximum Gasteiger partial charge on any atom is 0.255 e. The molecule has 0 aliphatic carbocycles. The Morgan fingerprint density at radius 2 is 2.11 bits per heavy atom. The van der Waals surface area contributed by atoms with Crippen LogP contribution in [-0.2, 0) is 0 Å². The van der Waals surface area contributed by atoms with Gasteiger partial charge in [-0.15, -0.1) is 0 Å². The van der Waals surface area contributed by atoms with Crippen molar-refractivity contribution in [1.29, 1.82) is 0 Å². The van der Waals surface area contributed by atoms with E-state index < -0.39 is 6.10 Å². The average Bonchev–Trinajstić information content (AvgIpc) is 2.36. The van der Waals surface area contributed by atoms with Crippen molar-refractivity contribution in [2.24, 2.45) is 0 Å². The van der Waals surface area contributed by atoms with E-state index in [1.54, 1.807) is 26.2 Å². The maximum atomic E-state index is 12.3. The Kier molecular flexibility index (Phi) is 3.58. The Morgan fingerprint density at radius 3 is 2.83 bits per heavy atom. The Hall–Kier alpha value is -1.94. The van der Waals surface area contributed by atoms with E-state index in [1.807, 2.05) is 24.3 Å². The molecule has 1 heterocycles. The van der Waals surface area contributed by atoms with Crippen LogP contribution in [0.4, 0.5) is 0 Å². The van der Waals surface area contributed by atoms with Gasteiger partial charge in [0.2, 0.25) is 0 Å². The zero-order chi connectivity index (χ0) is 13.1. The fourth-order valence-corrected chi connectivity index (χ4v) is 1.96. The lowest BCUT2D eigenvalue weighted by Gasteiger charge is -2.19. The number of pyridine rings is 1. The summed E-state index contributed by atoms with van der Waals surface area (Å²) in [4.78, 5) is 18.0. The molecule has 0 radical (unpaired) electrons. The molecule has 0 aliphatic heterocycles. The lowest BCUT2D eigenvalue weighted by atomic mass is 10.1. The topological polar surface area (TPSA) is 53.4 Å². The molecule has 1 N–H and O–H groups in total. The highest BCUT2D eigenvalue weighted by atomic mass is 16.3. The third-order valence-electron chi connectivity index (χ3n) is 2.75. The van der Waals surface area contributed by atoms with E-state index in [9.17, 15) is 9.90 Å². The van der Waals surface area contributed by atoms with Crippen LogP contribution in [0.25, 0.3) is 10.9 Å². The lowest BCUT2D eigenvalue weighted by molar-refractivity contribution is 0.0705. The number of rotatable bonds is 3. The molecule has 1 aromatic heterocycles. The summed E-state index contributed by atoms with van der Waals surface area (Å²) in [6.07, 6.45) is 1.13. The molecule has 1 aromatic carbocycles. The van der Waals surface area contributed by atoms with E-state index >= 15 is 0 Å². The van der Waals surface area contributed by atoms with Gasteiger partial charge in [-0.25, -0.2) is 0 Å². The molecular formula is C14H16N2O2. The summed E-state index contributed by atoms with van der Waals surface area (Å²) in [6, 6.07) is 9.29. The molecule has 0 aliphatic rings. The van der Waals surface area contributed by atoms with Gasteiger partial charge in [0.25, 0.3) is 5.91 Å². The highest BCUT2D eigenvalue weighted by Crippen LogP contribution is 2.17. The van der Waals surface area contributed by atoms with Gasteiger partial charge in [-0.2, -0.15) is 0 Å². The number of hydrogen-bond donors (Lipinski definition) is 1. The van der Waals surface area contributed by atoms with E-state index in [0.717, 1.165) is 5.39 Å². The number of carbonyl (C=O) groups excluding carboxylic acids is 1. The monoisotopic (exact) mass is 244 g/mol. The second-order valence-corrected chi connectivity index (χ2v) is 4.42. The summed E-state index contributed by atoms with van der Waals surface area (Å²) in [6.45, 7) is 1.97. The Labute approximate surface area is 106 Å². The molecule has 2 aromatic rings. The summed E-state index contributed by atoms with van der Waals surface area (Å²) in [5, 5.41) is 10.3. The minimum atomic E-state index is -0.540. The summed E-state index contributed by atoms with van der Waals surface area (Å²) < 4.78 is 0. The first-order valence-corrected chi connectivity index (χ1v) is 5.87. The minimum absolute atomic E-state index is 0.125. The number of amides is 1. The van der Waals surface area contributed by atoms with E-state index in [-0.39, 0.29) is 5.91 Å². The third-order valence-corrected chi connectivity index (χ3v) is 2.75. The average molecular weight is 244 g/mol. The van der Waals surface area contributed by atoms with Crippen molar-refractivity contribution in [1.82, 2.24) is 9.88 Å². The van der Waals surface area contributed by atoms with Gasteiger partial charge in [-0.3, -0.25) is 9.78 Å². The van der Waals surface area contributed by atoms with Crippen LogP contribution in [0.3, 0.4) is 0 Å². The molecule has 1 atom stereocenters. The zero-order valence-electron chi connectivity index (χ0n) is 10.5. The Morgan fingerprint density at radius 1 is 1.39 bits per heavy atom. The zero-order valence-corrected chi connectivity index (χ0v) is 10.5. The summed E-state index contributed by atoms with van der Waals surface area (Å²) in [7, 11) is 1.68. The molecule has 18 heavy (non-hydrogen) atoms. The van der Waals surface area contributed by atoms with Crippen LogP contribution in [0.5, 0.6) is 0 Å². The Bertz CT molecular complexity index is 561. The fraction of sp³-hybridized carbons (Fsp3) is 0.286. The van der Waals surface area contributed by atoms with E-state index in [2.05, 4.69) is 4.98 Å². The lowest BCUT2D eigenvalue weighted by Crippen LogP contribution is -2.33. The molecule has 2 rings (SSSR count).